The van der Waals surface area contributed by atoms with E-state index in [9.17, 15) is 19.8 Å². The number of benzene rings is 1. The molecule has 3 atom stereocenters. The van der Waals surface area contributed by atoms with E-state index in [1.807, 2.05) is 25.3 Å². The number of likely N-dealkylation sites (tertiary alicyclic amines) is 1. The molecule has 1 amide bonds. The maximum absolute atomic E-state index is 12.8. The van der Waals surface area contributed by atoms with Crippen LogP contribution in [0.25, 0.3) is 22.3 Å². The van der Waals surface area contributed by atoms with Crippen LogP contribution in [0.4, 0.5) is 5.13 Å². The number of aliphatic carboxylic acids is 1. The van der Waals surface area contributed by atoms with Crippen LogP contribution >= 0.6 is 11.3 Å². The third kappa shape index (κ3) is 5.78. The number of aliphatic hydroxyl groups is 1. The summed E-state index contributed by atoms with van der Waals surface area (Å²) in [6, 6.07) is 6.37. The van der Waals surface area contributed by atoms with Gasteiger partial charge in [0.2, 0.25) is 0 Å². The first kappa shape index (κ1) is 26.6. The van der Waals surface area contributed by atoms with Gasteiger partial charge < -0.3 is 29.9 Å². The molecule has 2 aromatic heterocycles. The molecule has 0 spiro atoms. The van der Waals surface area contributed by atoms with Crippen molar-refractivity contribution < 1.29 is 29.3 Å². The quantitative estimate of drug-likeness (QED) is 0.380. The van der Waals surface area contributed by atoms with Gasteiger partial charge in [-0.15, -0.1) is 11.3 Å². The van der Waals surface area contributed by atoms with Gasteiger partial charge in [0.25, 0.3) is 5.91 Å². The van der Waals surface area contributed by atoms with Crippen molar-refractivity contribution in [3.63, 3.8) is 0 Å². The number of rotatable bonds is 9. The summed E-state index contributed by atoms with van der Waals surface area (Å²) in [4.78, 5) is 35.4. The molecule has 1 fully saturated rings. The number of hydrogen-bond donors (Lipinski definition) is 3. The first-order valence-corrected chi connectivity index (χ1v) is 13.0. The van der Waals surface area contributed by atoms with Crippen molar-refractivity contribution in [3.8, 4) is 22.9 Å². The van der Waals surface area contributed by atoms with E-state index >= 15 is 0 Å². The second-order valence-electron chi connectivity index (χ2n) is 9.73. The van der Waals surface area contributed by atoms with E-state index in [0.29, 0.717) is 28.4 Å². The molecule has 0 radical (unpaired) electrons. The Bertz CT molecular complexity index is 1290. The van der Waals surface area contributed by atoms with Crippen molar-refractivity contribution in [3.05, 3.63) is 29.6 Å². The van der Waals surface area contributed by atoms with Crippen LogP contribution in [-0.4, -0.2) is 74.9 Å². The number of nitrogens with zero attached hydrogens (tertiary/aromatic N) is 3. The van der Waals surface area contributed by atoms with E-state index in [1.54, 1.807) is 39.2 Å². The number of ether oxygens (including phenoxy) is 2. The normalized spacial score (nSPS) is 18.4. The molecule has 1 saturated heterocycles. The van der Waals surface area contributed by atoms with Crippen LogP contribution in [0.3, 0.4) is 0 Å². The Labute approximate surface area is 219 Å². The van der Waals surface area contributed by atoms with E-state index in [1.165, 1.54) is 16.2 Å². The van der Waals surface area contributed by atoms with Crippen LogP contribution in [-0.2, 0) is 9.59 Å². The molecule has 11 heteroatoms. The van der Waals surface area contributed by atoms with Crippen LogP contribution in [0.5, 0.6) is 11.5 Å². The summed E-state index contributed by atoms with van der Waals surface area (Å²) in [5.41, 5.74) is 1.91. The maximum Gasteiger partial charge on any atom is 0.326 e. The summed E-state index contributed by atoms with van der Waals surface area (Å²) in [5.74, 6) is -0.937. The lowest BCUT2D eigenvalue weighted by Gasteiger charge is -2.25. The van der Waals surface area contributed by atoms with Crippen molar-refractivity contribution in [2.45, 2.75) is 58.4 Å². The van der Waals surface area contributed by atoms with Crippen LogP contribution < -0.4 is 14.8 Å². The zero-order valence-corrected chi connectivity index (χ0v) is 22.3. The van der Waals surface area contributed by atoms with Gasteiger partial charge in [-0.3, -0.25) is 4.79 Å². The Morgan fingerprint density at radius 3 is 2.57 bits per heavy atom. The van der Waals surface area contributed by atoms with Gasteiger partial charge in [-0.25, -0.2) is 14.8 Å². The van der Waals surface area contributed by atoms with Gasteiger partial charge in [-0.2, -0.15) is 0 Å². The lowest BCUT2D eigenvalue weighted by molar-refractivity contribution is -0.153. The minimum Gasteiger partial charge on any atom is -0.497 e. The Hall–Kier alpha value is -3.44. The zero-order chi connectivity index (χ0) is 26.9. The molecule has 3 aromatic rings. The highest BCUT2D eigenvalue weighted by atomic mass is 32.1. The highest BCUT2D eigenvalue weighted by Crippen LogP contribution is 2.35. The molecular formula is C26H32N4O6S. The van der Waals surface area contributed by atoms with Gasteiger partial charge in [0, 0.05) is 35.4 Å². The van der Waals surface area contributed by atoms with Crippen molar-refractivity contribution >= 4 is 39.2 Å². The smallest absolute Gasteiger partial charge is 0.326 e. The number of aromatic nitrogens is 2. The molecule has 0 aliphatic carbocycles. The lowest BCUT2D eigenvalue weighted by atomic mass is 10.1. The van der Waals surface area contributed by atoms with Crippen LogP contribution in [0.1, 0.15) is 34.1 Å². The molecule has 198 valence electrons. The van der Waals surface area contributed by atoms with Crippen molar-refractivity contribution in [1.82, 2.24) is 14.9 Å². The summed E-state index contributed by atoms with van der Waals surface area (Å²) in [6.07, 6.45) is -1.77. The number of pyridine rings is 1. The maximum atomic E-state index is 12.8. The molecule has 3 N–H and O–H groups in total. The number of hydrogen-bond acceptors (Lipinski definition) is 9. The predicted molar refractivity (Wildman–Crippen MR) is 141 cm³/mol. The second-order valence-corrected chi connectivity index (χ2v) is 10.6. The predicted octanol–water partition coefficient (Wildman–Crippen LogP) is 3.64. The summed E-state index contributed by atoms with van der Waals surface area (Å²) in [7, 11) is 1.58. The Kier molecular flexibility index (Phi) is 7.84. The van der Waals surface area contributed by atoms with Gasteiger partial charge in [-0.1, -0.05) is 13.8 Å². The summed E-state index contributed by atoms with van der Waals surface area (Å²) < 4.78 is 11.7. The van der Waals surface area contributed by atoms with Crippen molar-refractivity contribution in [1.29, 1.82) is 0 Å². The molecule has 10 nitrogen and oxygen atoms in total. The topological polar surface area (TPSA) is 134 Å². The van der Waals surface area contributed by atoms with Gasteiger partial charge in [0.1, 0.15) is 35.4 Å². The van der Waals surface area contributed by atoms with E-state index in [4.69, 9.17) is 14.5 Å². The number of amides is 1. The van der Waals surface area contributed by atoms with Crippen molar-refractivity contribution in [2.75, 3.05) is 19.0 Å². The van der Waals surface area contributed by atoms with E-state index in [0.717, 1.165) is 10.5 Å². The third-order valence-electron chi connectivity index (χ3n) is 6.17. The molecule has 4 rings (SSSR count). The second kappa shape index (κ2) is 10.9. The number of methoxy groups -OCH3 is 1. The van der Waals surface area contributed by atoms with Gasteiger partial charge in [0.05, 0.1) is 24.9 Å². The Morgan fingerprint density at radius 2 is 1.92 bits per heavy atom. The summed E-state index contributed by atoms with van der Waals surface area (Å²) >= 11 is 1.48. The monoisotopic (exact) mass is 528 g/mol. The molecule has 1 aliphatic heterocycles. The number of anilines is 1. The minimum absolute atomic E-state index is 0.0496. The molecule has 0 bridgehead atoms. The van der Waals surface area contributed by atoms with E-state index < -0.39 is 30.1 Å². The molecule has 1 aromatic carbocycles. The number of fused-ring (bicyclic) bond motifs is 1. The molecule has 37 heavy (non-hydrogen) atoms. The largest absolute Gasteiger partial charge is 0.497 e. The number of nitrogens with one attached hydrogen (secondary N) is 1. The fraction of sp³-hybridized carbons (Fsp3) is 0.462. The fourth-order valence-electron chi connectivity index (χ4n) is 4.23. The van der Waals surface area contributed by atoms with Gasteiger partial charge >= 0.3 is 5.97 Å². The number of aliphatic hydroxyl groups excluding tert-OH is 1. The van der Waals surface area contributed by atoms with Gasteiger partial charge in [0.15, 0.2) is 5.13 Å². The number of thiazole rings is 1. The van der Waals surface area contributed by atoms with Crippen LogP contribution in [0.2, 0.25) is 0 Å². The average molecular weight is 529 g/mol. The molecule has 3 heterocycles. The highest BCUT2D eigenvalue weighted by Gasteiger charge is 2.43. The summed E-state index contributed by atoms with van der Waals surface area (Å²) in [5, 5.41) is 26.7. The zero-order valence-electron chi connectivity index (χ0n) is 21.5. The molecule has 1 aliphatic rings. The number of carboxylic acids is 1. The van der Waals surface area contributed by atoms with E-state index in [2.05, 4.69) is 10.3 Å². The molecule has 0 saturated carbocycles. The molecule has 2 unspecified atom stereocenters. The first-order valence-electron chi connectivity index (χ1n) is 12.2. The first-order chi connectivity index (χ1) is 17.6. The minimum atomic E-state index is -1.28. The highest BCUT2D eigenvalue weighted by molar-refractivity contribution is 7.14. The van der Waals surface area contributed by atoms with Crippen LogP contribution in [0.15, 0.2) is 29.6 Å². The number of carboxylic acid groups (broad SMARTS) is 1. The standard InChI is InChI=1S/C26H32N4O6S/c1-13(2)23(31)24(32)30-11-16(9-21(30)25(33)34)36-22-10-19(20-12-37-26(29-20)27-14(3)4)28-18-8-15(35-5)6-7-17(18)22/h6-8,10,12-14,16,21,23,31H,9,11H2,1-5H3,(H,27,29)(H,33,34)/t16?,21-,23?/m0/s1. The van der Waals surface area contributed by atoms with Gasteiger partial charge in [-0.05, 0) is 31.9 Å². The number of carbonyl (C=O) groups is 2. The number of carbonyl (C=O) groups excluding carboxylic acids is 1. The van der Waals surface area contributed by atoms with Crippen molar-refractivity contribution in [2.24, 2.45) is 5.92 Å². The lowest BCUT2D eigenvalue weighted by Crippen LogP contribution is -2.47. The Balaban J connectivity index is 1.68. The molecular weight excluding hydrogens is 496 g/mol. The Morgan fingerprint density at radius 1 is 1.16 bits per heavy atom. The fourth-order valence-corrected chi connectivity index (χ4v) is 5.08. The SMILES string of the molecule is COc1ccc2c(OC3C[C@@H](C(=O)O)N(C(=O)C(O)C(C)C)C3)cc(-c3csc(NC(C)C)n3)nc2c1. The third-order valence-corrected chi connectivity index (χ3v) is 6.94. The van der Waals surface area contributed by atoms with Crippen LogP contribution in [0, 0.1) is 5.92 Å². The van der Waals surface area contributed by atoms with E-state index in [-0.39, 0.29) is 24.9 Å². The average Bonchev–Trinajstić information content (AvgIpc) is 3.49. The summed E-state index contributed by atoms with van der Waals surface area (Å²) in [6.45, 7) is 7.54.